The highest BCUT2D eigenvalue weighted by molar-refractivity contribution is 7.90. The Balaban J connectivity index is 1.51. The largest absolute Gasteiger partial charge is 0.355 e. The van der Waals surface area contributed by atoms with Crippen LogP contribution in [0.4, 0.5) is 0 Å². The molecule has 36 heavy (non-hydrogen) atoms. The predicted molar refractivity (Wildman–Crippen MR) is 142 cm³/mol. The molecule has 0 aliphatic heterocycles. The number of amides is 3. The molecule has 8 nitrogen and oxygen atoms in total. The normalized spacial score (nSPS) is 15.1. The molecule has 1 atom stereocenters. The first-order valence-corrected chi connectivity index (χ1v) is 14.1. The van der Waals surface area contributed by atoms with Crippen molar-refractivity contribution in [2.75, 3.05) is 6.54 Å². The monoisotopic (exact) mass is 531 g/mol. The molecule has 2 aromatic carbocycles. The van der Waals surface area contributed by atoms with E-state index in [1.165, 1.54) is 25.3 Å². The topological polar surface area (TPSA) is 121 Å². The fourth-order valence-corrected chi connectivity index (χ4v) is 5.97. The van der Waals surface area contributed by atoms with Crippen LogP contribution in [-0.2, 0) is 31.0 Å². The molecule has 1 saturated carbocycles. The van der Waals surface area contributed by atoms with Crippen LogP contribution in [0, 0.1) is 5.92 Å². The first-order valence-electron chi connectivity index (χ1n) is 12.1. The zero-order chi connectivity index (χ0) is 26.1. The molecule has 2 aromatic rings. The summed E-state index contributed by atoms with van der Waals surface area (Å²) in [5, 5.41) is 5.65. The summed E-state index contributed by atoms with van der Waals surface area (Å²) in [6.07, 6.45) is 5.71. The van der Waals surface area contributed by atoms with Gasteiger partial charge in [0.2, 0.25) is 17.7 Å². The van der Waals surface area contributed by atoms with E-state index in [1.807, 2.05) is 4.72 Å². The molecule has 0 heterocycles. The van der Waals surface area contributed by atoms with Gasteiger partial charge in [0.15, 0.2) is 0 Å². The Morgan fingerprint density at radius 1 is 0.944 bits per heavy atom. The summed E-state index contributed by atoms with van der Waals surface area (Å²) in [7, 11) is -4.00. The summed E-state index contributed by atoms with van der Waals surface area (Å²) >= 11 is 4.63. The van der Waals surface area contributed by atoms with Crippen LogP contribution in [0.15, 0.2) is 53.4 Å². The minimum Gasteiger partial charge on any atom is -0.355 e. The molecule has 3 rings (SSSR count). The third-order valence-corrected chi connectivity index (χ3v) is 8.33. The molecule has 3 N–H and O–H groups in total. The number of sulfonamides is 1. The van der Waals surface area contributed by atoms with E-state index in [1.54, 1.807) is 42.5 Å². The van der Waals surface area contributed by atoms with Gasteiger partial charge in [0.05, 0.1) is 4.90 Å². The van der Waals surface area contributed by atoms with E-state index in [2.05, 4.69) is 23.3 Å². The van der Waals surface area contributed by atoms with E-state index < -0.39 is 15.9 Å². The highest BCUT2D eigenvalue weighted by Gasteiger charge is 2.22. The van der Waals surface area contributed by atoms with E-state index in [-0.39, 0.29) is 34.9 Å². The van der Waals surface area contributed by atoms with E-state index >= 15 is 0 Å². The van der Waals surface area contributed by atoms with Gasteiger partial charge in [0.1, 0.15) is 6.42 Å². The molecule has 3 amide bonds. The molecular formula is C26H33N3O5S2. The van der Waals surface area contributed by atoms with Crippen LogP contribution >= 0.6 is 12.6 Å². The average molecular weight is 532 g/mol. The summed E-state index contributed by atoms with van der Waals surface area (Å²) in [5.74, 6) is -0.859. The average Bonchev–Trinajstić information content (AvgIpc) is 2.86. The van der Waals surface area contributed by atoms with Crippen molar-refractivity contribution in [3.8, 4) is 11.1 Å². The molecule has 0 radical (unpaired) electrons. The third-order valence-electron chi connectivity index (χ3n) is 6.23. The van der Waals surface area contributed by atoms with Crippen LogP contribution in [0.5, 0.6) is 0 Å². The molecule has 1 aliphatic carbocycles. The summed E-state index contributed by atoms with van der Waals surface area (Å²) in [6.45, 7) is 1.83. The molecule has 1 aliphatic rings. The third kappa shape index (κ3) is 8.09. The van der Waals surface area contributed by atoms with Gasteiger partial charge in [-0.3, -0.25) is 14.4 Å². The van der Waals surface area contributed by atoms with Crippen molar-refractivity contribution >= 4 is 40.4 Å². The first-order chi connectivity index (χ1) is 17.2. The Bertz CT molecular complexity index is 1180. The van der Waals surface area contributed by atoms with Crippen LogP contribution in [-0.4, -0.2) is 37.9 Å². The lowest BCUT2D eigenvalue weighted by atomic mass is 9.86. The van der Waals surface area contributed by atoms with Crippen molar-refractivity contribution in [2.24, 2.45) is 5.92 Å². The molecule has 0 saturated heterocycles. The van der Waals surface area contributed by atoms with Crippen molar-refractivity contribution in [1.29, 1.82) is 0 Å². The maximum atomic E-state index is 12.5. The molecule has 0 aromatic heterocycles. The smallest absolute Gasteiger partial charge is 0.264 e. The lowest BCUT2D eigenvalue weighted by Gasteiger charge is -2.27. The van der Waals surface area contributed by atoms with E-state index in [9.17, 15) is 22.8 Å². The van der Waals surface area contributed by atoms with Gasteiger partial charge < -0.3 is 10.6 Å². The molecule has 0 unspecified atom stereocenters. The fraction of sp³-hybridized carbons (Fsp3) is 0.423. The number of carbonyl (C=O) groups is 3. The maximum Gasteiger partial charge on any atom is 0.264 e. The molecule has 10 heteroatoms. The van der Waals surface area contributed by atoms with Gasteiger partial charge >= 0.3 is 0 Å². The number of hydrogen-bond donors (Lipinski definition) is 4. The molecule has 1 fully saturated rings. The van der Waals surface area contributed by atoms with Gasteiger partial charge in [-0.25, -0.2) is 13.1 Å². The number of nitrogens with one attached hydrogen (secondary N) is 3. The number of hydrogen-bond acceptors (Lipinski definition) is 6. The van der Waals surface area contributed by atoms with Crippen molar-refractivity contribution in [3.63, 3.8) is 0 Å². The Morgan fingerprint density at radius 2 is 1.58 bits per heavy atom. The highest BCUT2D eigenvalue weighted by Crippen LogP contribution is 2.29. The van der Waals surface area contributed by atoms with E-state index in [4.69, 9.17) is 0 Å². The second kappa shape index (κ2) is 12.9. The van der Waals surface area contributed by atoms with Gasteiger partial charge in [0, 0.05) is 30.8 Å². The van der Waals surface area contributed by atoms with Crippen LogP contribution in [0.3, 0.4) is 0 Å². The van der Waals surface area contributed by atoms with Crippen molar-refractivity contribution in [1.82, 2.24) is 15.4 Å². The van der Waals surface area contributed by atoms with E-state index in [0.29, 0.717) is 23.6 Å². The van der Waals surface area contributed by atoms with Gasteiger partial charge in [-0.2, -0.15) is 12.6 Å². The highest BCUT2D eigenvalue weighted by atomic mass is 32.2. The maximum absolute atomic E-state index is 12.5. The Morgan fingerprint density at radius 3 is 2.25 bits per heavy atom. The Labute approximate surface area is 218 Å². The summed E-state index contributed by atoms with van der Waals surface area (Å²) in [5.41, 5.74) is 1.89. The summed E-state index contributed by atoms with van der Waals surface area (Å²) in [6, 6.07) is 13.4. The minimum absolute atomic E-state index is 0.000737. The minimum atomic E-state index is -4.00. The molecule has 0 bridgehead atoms. The zero-order valence-electron chi connectivity index (χ0n) is 20.3. The van der Waals surface area contributed by atoms with Gasteiger partial charge in [-0.1, -0.05) is 61.7 Å². The number of carbonyl (C=O) groups excluding carboxylic acids is 3. The summed E-state index contributed by atoms with van der Waals surface area (Å²) in [4.78, 5) is 35.7. The van der Waals surface area contributed by atoms with Crippen molar-refractivity contribution in [2.45, 2.75) is 62.1 Å². The standard InChI is InChI=1S/C26H33N3O5S2/c1-18(30)29-36(33,34)24-10-6-5-9-22(24)20-13-11-19(12-14-20)16-27-25(31)15-26(32)28-17-23(35)21-7-3-2-4-8-21/h5-6,9-14,21,23,35H,2-4,7-8,15-17H2,1H3,(H,27,31)(H,28,32)(H,29,30)/t23-/m0/s1. The fourth-order valence-electron chi connectivity index (χ4n) is 4.36. The number of benzene rings is 2. The van der Waals surface area contributed by atoms with Crippen LogP contribution in [0.25, 0.3) is 11.1 Å². The second-order valence-electron chi connectivity index (χ2n) is 9.08. The van der Waals surface area contributed by atoms with Gasteiger partial charge in [0.25, 0.3) is 10.0 Å². The number of rotatable bonds is 10. The van der Waals surface area contributed by atoms with E-state index in [0.717, 1.165) is 25.3 Å². The lowest BCUT2D eigenvalue weighted by Crippen LogP contribution is -2.37. The first kappa shape index (κ1) is 27.7. The molecule has 0 spiro atoms. The van der Waals surface area contributed by atoms with Crippen molar-refractivity contribution in [3.05, 3.63) is 54.1 Å². The van der Waals surface area contributed by atoms with Crippen molar-refractivity contribution < 1.29 is 22.8 Å². The van der Waals surface area contributed by atoms with Crippen LogP contribution in [0.2, 0.25) is 0 Å². The van der Waals surface area contributed by atoms with Crippen LogP contribution in [0.1, 0.15) is 51.0 Å². The number of thiol groups is 1. The zero-order valence-corrected chi connectivity index (χ0v) is 22.0. The quantitative estimate of drug-likeness (QED) is 0.277. The van der Waals surface area contributed by atoms with Gasteiger partial charge in [-0.15, -0.1) is 0 Å². The summed E-state index contributed by atoms with van der Waals surface area (Å²) < 4.78 is 27.0. The molecule has 194 valence electrons. The molecular weight excluding hydrogens is 498 g/mol. The Hall–Kier alpha value is -2.85. The second-order valence-corrected chi connectivity index (χ2v) is 11.4. The van der Waals surface area contributed by atoms with Crippen LogP contribution < -0.4 is 15.4 Å². The van der Waals surface area contributed by atoms with Gasteiger partial charge in [-0.05, 0) is 36.0 Å². The lowest BCUT2D eigenvalue weighted by molar-refractivity contribution is -0.129. The SMILES string of the molecule is CC(=O)NS(=O)(=O)c1ccccc1-c1ccc(CNC(=O)CC(=O)NC[C@H](S)C2CCCCC2)cc1. The predicted octanol–water partition coefficient (Wildman–Crippen LogP) is 3.18. The Kier molecular flexibility index (Phi) is 9.95.